The van der Waals surface area contributed by atoms with Crippen molar-refractivity contribution >= 4 is 5.78 Å². The molecule has 0 unspecified atom stereocenters. The van der Waals surface area contributed by atoms with E-state index in [1.54, 1.807) is 50.6 Å². The van der Waals surface area contributed by atoms with E-state index in [4.69, 9.17) is 14.2 Å². The summed E-state index contributed by atoms with van der Waals surface area (Å²) in [6.07, 6.45) is 0. The zero-order chi connectivity index (χ0) is 14.5. The maximum atomic E-state index is 12.5. The number of carbonyl (C=O) groups excluding carboxylic acids is 1. The minimum Gasteiger partial charge on any atom is -0.496 e. The van der Waals surface area contributed by atoms with Gasteiger partial charge >= 0.3 is 0 Å². The number of methoxy groups -OCH3 is 3. The summed E-state index contributed by atoms with van der Waals surface area (Å²) in [4.78, 5) is 12.5. The lowest BCUT2D eigenvalue weighted by atomic mass is 10.0. The molecule has 2 aromatic carbocycles. The number of hydrogen-bond acceptors (Lipinski definition) is 4. The van der Waals surface area contributed by atoms with Crippen LogP contribution in [0.1, 0.15) is 15.9 Å². The van der Waals surface area contributed by atoms with Gasteiger partial charge in [-0.15, -0.1) is 0 Å². The van der Waals surface area contributed by atoms with E-state index in [1.165, 1.54) is 7.11 Å². The lowest BCUT2D eigenvalue weighted by molar-refractivity contribution is 0.103. The molecule has 2 rings (SSSR count). The zero-order valence-electron chi connectivity index (χ0n) is 11.7. The van der Waals surface area contributed by atoms with Gasteiger partial charge in [0.1, 0.15) is 5.75 Å². The van der Waals surface area contributed by atoms with Crippen LogP contribution in [0.25, 0.3) is 0 Å². The third-order valence-corrected chi connectivity index (χ3v) is 3.00. The van der Waals surface area contributed by atoms with E-state index >= 15 is 0 Å². The lowest BCUT2D eigenvalue weighted by Crippen LogP contribution is -2.04. The molecule has 0 aromatic heterocycles. The SMILES string of the molecule is COc1ccc(C(=O)c2ccccc2OC)cc1OC. The van der Waals surface area contributed by atoms with Crippen molar-refractivity contribution in [2.24, 2.45) is 0 Å². The van der Waals surface area contributed by atoms with Gasteiger partial charge in [-0.1, -0.05) is 12.1 Å². The predicted molar refractivity (Wildman–Crippen MR) is 76.0 cm³/mol. The molecule has 0 heterocycles. The normalized spacial score (nSPS) is 9.95. The van der Waals surface area contributed by atoms with Gasteiger partial charge in [-0.3, -0.25) is 4.79 Å². The fourth-order valence-electron chi connectivity index (χ4n) is 1.97. The average Bonchev–Trinajstić information content (AvgIpc) is 2.53. The van der Waals surface area contributed by atoms with E-state index in [0.29, 0.717) is 28.4 Å². The molecule has 0 aliphatic carbocycles. The van der Waals surface area contributed by atoms with Crippen LogP contribution in [0.15, 0.2) is 42.5 Å². The minimum absolute atomic E-state index is 0.122. The maximum Gasteiger partial charge on any atom is 0.196 e. The van der Waals surface area contributed by atoms with Crippen LogP contribution in [0.3, 0.4) is 0 Å². The molecule has 0 radical (unpaired) electrons. The molecule has 0 fully saturated rings. The molecule has 0 aliphatic heterocycles. The van der Waals surface area contributed by atoms with Gasteiger partial charge in [-0.25, -0.2) is 0 Å². The first-order chi connectivity index (χ1) is 9.71. The topological polar surface area (TPSA) is 44.8 Å². The number of benzene rings is 2. The number of para-hydroxylation sites is 1. The van der Waals surface area contributed by atoms with Crippen molar-refractivity contribution in [1.82, 2.24) is 0 Å². The second kappa shape index (κ2) is 6.10. The third kappa shape index (κ3) is 2.59. The molecular weight excluding hydrogens is 256 g/mol. The summed E-state index contributed by atoms with van der Waals surface area (Å²) in [5, 5.41) is 0. The Morgan fingerprint density at radius 1 is 0.800 bits per heavy atom. The molecule has 0 saturated heterocycles. The van der Waals surface area contributed by atoms with Gasteiger partial charge in [0.25, 0.3) is 0 Å². The first kappa shape index (κ1) is 13.9. The van der Waals surface area contributed by atoms with Crippen molar-refractivity contribution in [3.8, 4) is 17.2 Å². The Morgan fingerprint density at radius 3 is 2.10 bits per heavy atom. The molecule has 0 spiro atoms. The van der Waals surface area contributed by atoms with E-state index < -0.39 is 0 Å². The van der Waals surface area contributed by atoms with Gasteiger partial charge in [0.2, 0.25) is 0 Å². The third-order valence-electron chi connectivity index (χ3n) is 3.00. The molecule has 0 atom stereocenters. The second-order valence-corrected chi connectivity index (χ2v) is 4.10. The standard InChI is InChI=1S/C16H16O4/c1-18-13-7-5-4-6-12(13)16(17)11-8-9-14(19-2)15(10-11)20-3/h4-10H,1-3H3. The molecule has 0 N–H and O–H groups in total. The van der Waals surface area contributed by atoms with Crippen LogP contribution in [-0.2, 0) is 0 Å². The molecule has 0 bridgehead atoms. The number of ketones is 1. The Morgan fingerprint density at radius 2 is 1.45 bits per heavy atom. The zero-order valence-corrected chi connectivity index (χ0v) is 11.7. The fourth-order valence-corrected chi connectivity index (χ4v) is 1.97. The highest BCUT2D eigenvalue weighted by Gasteiger charge is 2.16. The number of ether oxygens (including phenoxy) is 3. The predicted octanol–water partition coefficient (Wildman–Crippen LogP) is 2.94. The summed E-state index contributed by atoms with van der Waals surface area (Å²) >= 11 is 0. The summed E-state index contributed by atoms with van der Waals surface area (Å²) in [7, 11) is 4.63. The van der Waals surface area contributed by atoms with Crippen LogP contribution < -0.4 is 14.2 Å². The summed E-state index contributed by atoms with van der Waals surface area (Å²) in [5.74, 6) is 1.54. The van der Waals surface area contributed by atoms with Gasteiger partial charge < -0.3 is 14.2 Å². The highest BCUT2D eigenvalue weighted by molar-refractivity contribution is 6.11. The van der Waals surface area contributed by atoms with E-state index in [0.717, 1.165) is 0 Å². The monoisotopic (exact) mass is 272 g/mol. The van der Waals surface area contributed by atoms with Gasteiger partial charge in [0.15, 0.2) is 17.3 Å². The smallest absolute Gasteiger partial charge is 0.196 e. The molecule has 104 valence electrons. The summed E-state index contributed by atoms with van der Waals surface area (Å²) in [6, 6.07) is 12.2. The number of carbonyl (C=O) groups is 1. The molecule has 2 aromatic rings. The highest BCUT2D eigenvalue weighted by atomic mass is 16.5. The van der Waals surface area contributed by atoms with E-state index in [-0.39, 0.29) is 5.78 Å². The van der Waals surface area contributed by atoms with Crippen molar-refractivity contribution < 1.29 is 19.0 Å². The first-order valence-electron chi connectivity index (χ1n) is 6.11. The van der Waals surface area contributed by atoms with Crippen LogP contribution in [0.5, 0.6) is 17.2 Å². The Bertz CT molecular complexity index is 620. The fraction of sp³-hybridized carbons (Fsp3) is 0.188. The maximum absolute atomic E-state index is 12.5. The van der Waals surface area contributed by atoms with E-state index in [1.807, 2.05) is 6.07 Å². The number of rotatable bonds is 5. The summed E-state index contributed by atoms with van der Waals surface area (Å²) < 4.78 is 15.6. The quantitative estimate of drug-likeness (QED) is 0.785. The Kier molecular flexibility index (Phi) is 4.25. The van der Waals surface area contributed by atoms with Crippen LogP contribution in [0, 0.1) is 0 Å². The van der Waals surface area contributed by atoms with Crippen molar-refractivity contribution in [2.45, 2.75) is 0 Å². The van der Waals surface area contributed by atoms with Gasteiger partial charge in [-0.2, -0.15) is 0 Å². The van der Waals surface area contributed by atoms with Crippen LogP contribution in [0.4, 0.5) is 0 Å². The molecule has 4 nitrogen and oxygen atoms in total. The summed E-state index contributed by atoms with van der Waals surface area (Å²) in [5.41, 5.74) is 1.04. The minimum atomic E-state index is -0.122. The molecule has 0 amide bonds. The van der Waals surface area contributed by atoms with Crippen molar-refractivity contribution in [3.05, 3.63) is 53.6 Å². The van der Waals surface area contributed by atoms with Crippen LogP contribution in [0.2, 0.25) is 0 Å². The second-order valence-electron chi connectivity index (χ2n) is 4.10. The van der Waals surface area contributed by atoms with Crippen molar-refractivity contribution in [1.29, 1.82) is 0 Å². The largest absolute Gasteiger partial charge is 0.496 e. The lowest BCUT2D eigenvalue weighted by Gasteiger charge is -2.10. The van der Waals surface area contributed by atoms with Gasteiger partial charge in [-0.05, 0) is 30.3 Å². The van der Waals surface area contributed by atoms with E-state index in [9.17, 15) is 4.79 Å². The molecule has 0 saturated carbocycles. The Balaban J connectivity index is 2.43. The van der Waals surface area contributed by atoms with E-state index in [2.05, 4.69) is 0 Å². The molecule has 20 heavy (non-hydrogen) atoms. The van der Waals surface area contributed by atoms with Crippen LogP contribution in [-0.4, -0.2) is 27.1 Å². The van der Waals surface area contributed by atoms with Crippen molar-refractivity contribution in [3.63, 3.8) is 0 Å². The van der Waals surface area contributed by atoms with Gasteiger partial charge in [0, 0.05) is 5.56 Å². The molecule has 0 aliphatic rings. The molecule has 4 heteroatoms. The Labute approximate surface area is 117 Å². The number of hydrogen-bond donors (Lipinski definition) is 0. The van der Waals surface area contributed by atoms with Crippen molar-refractivity contribution in [2.75, 3.05) is 21.3 Å². The average molecular weight is 272 g/mol. The Hall–Kier alpha value is -2.49. The first-order valence-corrected chi connectivity index (χ1v) is 6.11. The molecular formula is C16H16O4. The van der Waals surface area contributed by atoms with Crippen LogP contribution >= 0.6 is 0 Å². The summed E-state index contributed by atoms with van der Waals surface area (Å²) in [6.45, 7) is 0. The highest BCUT2D eigenvalue weighted by Crippen LogP contribution is 2.29. The van der Waals surface area contributed by atoms with Gasteiger partial charge in [0.05, 0.1) is 26.9 Å².